The Morgan fingerprint density at radius 2 is 2.24 bits per heavy atom. The van der Waals surface area contributed by atoms with Crippen LogP contribution in [0.1, 0.15) is 19.2 Å². The molecule has 7 heteroatoms. The zero-order valence-electron chi connectivity index (χ0n) is 9.83. The van der Waals surface area contributed by atoms with Crippen molar-refractivity contribution in [2.75, 3.05) is 5.75 Å². The van der Waals surface area contributed by atoms with Crippen molar-refractivity contribution in [2.45, 2.75) is 25.0 Å². The number of carbonyl (C=O) groups is 1. The Balaban J connectivity index is 2.62. The van der Waals surface area contributed by atoms with Gasteiger partial charge in [0.1, 0.15) is 5.82 Å². The zero-order valence-corrected chi connectivity index (χ0v) is 10.6. The summed E-state index contributed by atoms with van der Waals surface area (Å²) in [6.07, 6.45) is 3.28. The SMILES string of the molecule is CC(CC(=O)O)S(=O)(=O)CCc1nccn1C. The fourth-order valence-electron chi connectivity index (χ4n) is 1.44. The molecule has 1 heterocycles. The predicted molar refractivity (Wildman–Crippen MR) is 62.4 cm³/mol. The van der Waals surface area contributed by atoms with E-state index in [2.05, 4.69) is 4.98 Å². The molecule has 0 spiro atoms. The molecule has 0 aliphatic rings. The number of carboxylic acids is 1. The third-order valence-corrected chi connectivity index (χ3v) is 4.77. The van der Waals surface area contributed by atoms with Gasteiger partial charge in [0, 0.05) is 25.9 Å². The molecule has 0 aromatic carbocycles. The van der Waals surface area contributed by atoms with Crippen molar-refractivity contribution in [3.63, 3.8) is 0 Å². The summed E-state index contributed by atoms with van der Waals surface area (Å²) in [7, 11) is -1.60. The summed E-state index contributed by atoms with van der Waals surface area (Å²) in [6.45, 7) is 1.42. The monoisotopic (exact) mass is 260 g/mol. The van der Waals surface area contributed by atoms with Crippen molar-refractivity contribution in [1.29, 1.82) is 0 Å². The van der Waals surface area contributed by atoms with Crippen molar-refractivity contribution in [3.8, 4) is 0 Å². The summed E-state index contributed by atoms with van der Waals surface area (Å²) in [5.41, 5.74) is 0. The second kappa shape index (κ2) is 5.31. The average molecular weight is 260 g/mol. The Morgan fingerprint density at radius 3 is 2.71 bits per heavy atom. The largest absolute Gasteiger partial charge is 0.481 e. The lowest BCUT2D eigenvalue weighted by Gasteiger charge is -2.10. The lowest BCUT2D eigenvalue weighted by atomic mass is 10.3. The Labute approximate surface area is 100 Å². The first-order chi connectivity index (χ1) is 7.83. The minimum atomic E-state index is -3.38. The highest BCUT2D eigenvalue weighted by Gasteiger charge is 2.23. The Morgan fingerprint density at radius 1 is 1.59 bits per heavy atom. The average Bonchev–Trinajstić information content (AvgIpc) is 2.60. The first-order valence-corrected chi connectivity index (χ1v) is 6.94. The van der Waals surface area contributed by atoms with E-state index in [1.807, 2.05) is 0 Å². The van der Waals surface area contributed by atoms with E-state index in [1.54, 1.807) is 24.0 Å². The van der Waals surface area contributed by atoms with E-state index in [4.69, 9.17) is 5.11 Å². The van der Waals surface area contributed by atoms with Gasteiger partial charge >= 0.3 is 5.97 Å². The second-order valence-corrected chi connectivity index (χ2v) is 6.52. The van der Waals surface area contributed by atoms with E-state index in [0.29, 0.717) is 12.2 Å². The maximum Gasteiger partial charge on any atom is 0.304 e. The number of imidazole rings is 1. The molecule has 1 atom stereocenters. The molecule has 0 saturated carbocycles. The lowest BCUT2D eigenvalue weighted by Crippen LogP contribution is -2.25. The first-order valence-electron chi connectivity index (χ1n) is 5.22. The molecular formula is C10H16N2O4S. The number of hydrogen-bond acceptors (Lipinski definition) is 4. The quantitative estimate of drug-likeness (QED) is 0.791. The Hall–Kier alpha value is -1.37. The molecule has 0 saturated heterocycles. The highest BCUT2D eigenvalue weighted by Crippen LogP contribution is 2.09. The van der Waals surface area contributed by atoms with Gasteiger partial charge in [-0.3, -0.25) is 4.79 Å². The molecule has 17 heavy (non-hydrogen) atoms. The molecule has 0 aliphatic heterocycles. The van der Waals surface area contributed by atoms with Crippen LogP contribution in [0.3, 0.4) is 0 Å². The maximum atomic E-state index is 11.8. The van der Waals surface area contributed by atoms with Gasteiger partial charge in [-0.1, -0.05) is 0 Å². The van der Waals surface area contributed by atoms with Gasteiger partial charge in [0.25, 0.3) is 0 Å². The lowest BCUT2D eigenvalue weighted by molar-refractivity contribution is -0.136. The Bertz CT molecular complexity index is 492. The number of nitrogens with zero attached hydrogens (tertiary/aromatic N) is 2. The van der Waals surface area contributed by atoms with Crippen molar-refractivity contribution in [3.05, 3.63) is 18.2 Å². The number of hydrogen-bond donors (Lipinski definition) is 1. The summed E-state index contributed by atoms with van der Waals surface area (Å²) in [6, 6.07) is 0. The maximum absolute atomic E-state index is 11.8. The molecular weight excluding hydrogens is 244 g/mol. The zero-order chi connectivity index (χ0) is 13.1. The molecule has 1 rings (SSSR count). The van der Waals surface area contributed by atoms with Crippen LogP contribution in [-0.4, -0.2) is 40.0 Å². The molecule has 96 valence electrons. The second-order valence-electron chi connectivity index (χ2n) is 3.98. The van der Waals surface area contributed by atoms with Crippen LogP contribution in [-0.2, 0) is 28.1 Å². The van der Waals surface area contributed by atoms with Crippen LogP contribution in [0.2, 0.25) is 0 Å². The molecule has 0 aliphatic carbocycles. The van der Waals surface area contributed by atoms with Crippen molar-refractivity contribution >= 4 is 15.8 Å². The van der Waals surface area contributed by atoms with Crippen LogP contribution < -0.4 is 0 Å². The number of carboxylic acid groups (broad SMARTS) is 1. The van der Waals surface area contributed by atoms with Crippen LogP contribution in [0, 0.1) is 0 Å². The fraction of sp³-hybridized carbons (Fsp3) is 0.600. The van der Waals surface area contributed by atoms with Gasteiger partial charge in [0.2, 0.25) is 0 Å². The van der Waals surface area contributed by atoms with E-state index in [-0.39, 0.29) is 12.2 Å². The fourth-order valence-corrected chi connectivity index (χ4v) is 2.71. The van der Waals surface area contributed by atoms with Gasteiger partial charge in [-0.05, 0) is 6.92 Å². The molecule has 0 bridgehead atoms. The minimum Gasteiger partial charge on any atom is -0.481 e. The smallest absolute Gasteiger partial charge is 0.304 e. The van der Waals surface area contributed by atoms with E-state index in [0.717, 1.165) is 0 Å². The van der Waals surface area contributed by atoms with E-state index >= 15 is 0 Å². The number of aliphatic carboxylic acids is 1. The molecule has 0 amide bonds. The highest BCUT2D eigenvalue weighted by molar-refractivity contribution is 7.92. The van der Waals surface area contributed by atoms with Crippen LogP contribution in [0.25, 0.3) is 0 Å². The van der Waals surface area contributed by atoms with E-state index in [1.165, 1.54) is 6.92 Å². The standard InChI is InChI=1S/C10H16N2O4S/c1-8(7-10(13)14)17(15,16)6-3-9-11-4-5-12(9)2/h4-5,8H,3,6-7H2,1-2H3,(H,13,14). The normalized spacial score (nSPS) is 13.5. The molecule has 1 unspecified atom stereocenters. The van der Waals surface area contributed by atoms with Crippen LogP contribution in [0.15, 0.2) is 12.4 Å². The van der Waals surface area contributed by atoms with Gasteiger partial charge in [0.05, 0.1) is 17.4 Å². The van der Waals surface area contributed by atoms with Crippen LogP contribution in [0.5, 0.6) is 0 Å². The van der Waals surface area contributed by atoms with E-state index in [9.17, 15) is 13.2 Å². The number of aromatic nitrogens is 2. The van der Waals surface area contributed by atoms with Crippen LogP contribution in [0.4, 0.5) is 0 Å². The molecule has 6 nitrogen and oxygen atoms in total. The van der Waals surface area contributed by atoms with Gasteiger partial charge in [-0.25, -0.2) is 13.4 Å². The molecule has 1 aromatic heterocycles. The van der Waals surface area contributed by atoms with E-state index < -0.39 is 21.1 Å². The first kappa shape index (κ1) is 13.7. The molecule has 1 N–H and O–H groups in total. The van der Waals surface area contributed by atoms with Gasteiger partial charge in [0.15, 0.2) is 9.84 Å². The molecule has 0 fully saturated rings. The third kappa shape index (κ3) is 3.85. The third-order valence-electron chi connectivity index (χ3n) is 2.61. The summed E-state index contributed by atoms with van der Waals surface area (Å²) >= 11 is 0. The predicted octanol–water partition coefficient (Wildman–Crippen LogP) is 0.241. The summed E-state index contributed by atoms with van der Waals surface area (Å²) < 4.78 is 25.3. The van der Waals surface area contributed by atoms with Crippen LogP contribution >= 0.6 is 0 Å². The highest BCUT2D eigenvalue weighted by atomic mass is 32.2. The number of sulfone groups is 1. The molecule has 1 aromatic rings. The summed E-state index contributed by atoms with van der Waals surface area (Å²) in [5, 5.41) is 7.70. The van der Waals surface area contributed by atoms with Gasteiger partial charge in [-0.2, -0.15) is 0 Å². The van der Waals surface area contributed by atoms with Crippen molar-refractivity contribution < 1.29 is 18.3 Å². The Kier molecular flexibility index (Phi) is 4.28. The van der Waals surface area contributed by atoms with Gasteiger partial charge in [-0.15, -0.1) is 0 Å². The molecule has 0 radical (unpaired) electrons. The number of aryl methyl sites for hydroxylation is 2. The summed E-state index contributed by atoms with van der Waals surface area (Å²) in [5.74, 6) is -0.499. The van der Waals surface area contributed by atoms with Gasteiger partial charge < -0.3 is 9.67 Å². The van der Waals surface area contributed by atoms with Crippen molar-refractivity contribution in [2.24, 2.45) is 7.05 Å². The minimum absolute atomic E-state index is 0.0771. The summed E-state index contributed by atoms with van der Waals surface area (Å²) in [4.78, 5) is 14.5. The number of rotatable bonds is 6. The topological polar surface area (TPSA) is 89.3 Å². The van der Waals surface area contributed by atoms with Crippen molar-refractivity contribution in [1.82, 2.24) is 9.55 Å².